The molecule has 0 bridgehead atoms. The molecule has 0 saturated carbocycles. The Morgan fingerprint density at radius 1 is 0.750 bits per heavy atom. The maximum absolute atomic E-state index is 8.89. The Morgan fingerprint density at radius 3 is 0.750 bits per heavy atom. The molecular weight excluding hydrogens is 256 g/mol. The van der Waals surface area contributed by atoms with E-state index >= 15 is 0 Å². The first-order valence-electron chi connectivity index (χ1n) is 1.33. The van der Waals surface area contributed by atoms with Crippen molar-refractivity contribution in [1.29, 1.82) is 0 Å². The van der Waals surface area contributed by atoms with E-state index in [0.29, 0.717) is 0 Å². The second kappa shape index (κ2) is 8.11. The van der Waals surface area contributed by atoms with E-state index in [9.17, 15) is 0 Å². The minimum absolute atomic E-state index is 0. The molecule has 0 radical (unpaired) electrons. The molecule has 0 aliphatic heterocycles. The Hall–Kier alpha value is 0.500. The molecule has 8 nitrogen and oxygen atoms in total. The first-order valence-corrected chi connectivity index (χ1v) is 6.00. The van der Waals surface area contributed by atoms with Gasteiger partial charge in [0, 0.05) is 0 Å². The molecule has 0 aromatic rings. The van der Waals surface area contributed by atoms with Gasteiger partial charge in [0.25, 0.3) is 0 Å². The van der Waals surface area contributed by atoms with Gasteiger partial charge in [-0.15, -0.1) is 18.1 Å². The highest BCUT2D eigenvalue weighted by Gasteiger charge is 1.44. The van der Waals surface area contributed by atoms with Crippen molar-refractivity contribution in [3.05, 3.63) is 0 Å². The lowest BCUT2D eigenvalue weighted by atomic mass is 15.8. The Bertz CT molecular complexity index is 207. The normalized spacial score (nSPS) is 9.67. The monoisotopic (exact) mass is 260 g/mol. The maximum Gasteiger partial charge on any atom is -0.0484 e. The summed E-state index contributed by atoms with van der Waals surface area (Å²) in [6, 6.07) is 0. The first-order chi connectivity index (χ1) is 4.00. The van der Waals surface area contributed by atoms with Crippen LogP contribution in [-0.2, 0) is 40.5 Å². The average molecular weight is 260 g/mol. The van der Waals surface area contributed by atoms with Gasteiger partial charge in [0.1, 0.15) is 0 Å². The Labute approximate surface area is 78.3 Å². The summed E-state index contributed by atoms with van der Waals surface area (Å²) in [6.45, 7) is 0. The zero-order valence-corrected chi connectivity index (χ0v) is 8.35. The van der Waals surface area contributed by atoms with E-state index in [4.69, 9.17) is 26.6 Å². The zero-order chi connectivity index (χ0) is 9.00. The molecule has 12 heavy (non-hydrogen) atoms. The van der Waals surface area contributed by atoms with Crippen LogP contribution in [-0.4, -0.2) is 37.6 Å². The van der Waals surface area contributed by atoms with Crippen molar-refractivity contribution in [1.82, 2.24) is 0 Å². The van der Waals surface area contributed by atoms with Gasteiger partial charge in [-0.2, -0.15) is 0 Å². The first kappa shape index (κ1) is 22.9. The predicted octanol–water partition coefficient (Wildman–Crippen LogP) is -3.66. The highest BCUT2D eigenvalue weighted by atomic mass is 32.9. The Kier molecular flexibility index (Phi) is 15.5. The fraction of sp³-hybridized carbons (Fsp3) is 0. The summed E-state index contributed by atoms with van der Waals surface area (Å²) in [5.41, 5.74) is 0. The molecule has 0 aliphatic rings. The van der Waals surface area contributed by atoms with Gasteiger partial charge in [0.15, 0.2) is 0 Å². The van der Waals surface area contributed by atoms with Gasteiger partial charge in [0.2, 0.25) is 0 Å². The lowest BCUT2D eigenvalue weighted by Gasteiger charge is -2.12. The molecule has 0 aliphatic carbocycles. The van der Waals surface area contributed by atoms with Crippen LogP contribution in [0.1, 0.15) is 0 Å². The molecule has 80 valence electrons. The zero-order valence-electron chi connectivity index (χ0n) is 5.08. The molecule has 0 saturated heterocycles. The summed E-state index contributed by atoms with van der Waals surface area (Å²) < 4.78 is 53.3. The van der Waals surface area contributed by atoms with E-state index in [1.165, 1.54) is 0 Å². The molecule has 12 heteroatoms. The van der Waals surface area contributed by atoms with Crippen LogP contribution in [0.3, 0.4) is 0 Å². The molecule has 0 aromatic heterocycles. The fourth-order valence-electron chi connectivity index (χ4n) is 0. The third kappa shape index (κ3) is 3790. The third-order valence-electron chi connectivity index (χ3n) is 0. The summed E-state index contributed by atoms with van der Waals surface area (Å²) >= 11 is 6.49. The van der Waals surface area contributed by atoms with Crippen LogP contribution in [0.5, 0.6) is 0 Å². The topological polar surface area (TPSA) is 189 Å². The quantitative estimate of drug-likeness (QED) is 0.425. The van der Waals surface area contributed by atoms with Crippen molar-refractivity contribution in [2.45, 2.75) is 0 Å². The maximum atomic E-state index is 8.89. The van der Waals surface area contributed by atoms with E-state index in [1.807, 2.05) is 0 Å². The van der Waals surface area contributed by atoms with Crippen molar-refractivity contribution < 1.29 is 37.6 Å². The smallest absolute Gasteiger partial charge is 0.0484 e. The van der Waals surface area contributed by atoms with Gasteiger partial charge >= 0.3 is 0 Å². The molecule has 0 amide bonds. The minimum Gasteiger partial charge on any atom is -0.780 e. The fourth-order valence-corrected chi connectivity index (χ4v) is 0. The molecule has 4 N–H and O–H groups in total. The van der Waals surface area contributed by atoms with Crippen LogP contribution in [0, 0.1) is 0 Å². The average Bonchev–Trinajstić information content (AvgIpc) is 1.12. The summed E-state index contributed by atoms with van der Waals surface area (Å²) in [7, 11) is -8.67. The van der Waals surface area contributed by atoms with Crippen LogP contribution >= 0.6 is 0 Å². The highest BCUT2D eigenvalue weighted by molar-refractivity contribution is 8.26. The summed E-state index contributed by atoms with van der Waals surface area (Å²) in [4.78, 5) is 0. The molecule has 0 heterocycles. The minimum atomic E-state index is -4.33. The van der Waals surface area contributed by atoms with Gasteiger partial charge in [-0.1, -0.05) is 0 Å². The van der Waals surface area contributed by atoms with Gasteiger partial charge in [0.05, 0.1) is 0 Å². The molecule has 0 rings (SSSR count). The molecule has 0 unspecified atom stereocenters. The van der Waals surface area contributed by atoms with Crippen molar-refractivity contribution >= 4 is 40.5 Å². The second-order valence-corrected chi connectivity index (χ2v) is 4.90. The van der Waals surface area contributed by atoms with Gasteiger partial charge in [-0.3, -0.25) is 8.42 Å². The van der Waals surface area contributed by atoms with Gasteiger partial charge in [-0.05, 0) is 22.4 Å². The highest BCUT2D eigenvalue weighted by Crippen LogP contribution is 1.61. The molecule has 0 aromatic carbocycles. The van der Waals surface area contributed by atoms with Crippen LogP contribution < -0.4 is 0 Å². The number of hydrogen-bond donors (Lipinski definition) is 0. The second-order valence-electron chi connectivity index (χ2n) is 0.816. The SMILES string of the molecule is O.O.O=S([O-])([O-])=S.O=S([O-])([O-])=S. The van der Waals surface area contributed by atoms with E-state index in [0.717, 1.165) is 0 Å². The number of rotatable bonds is 0. The molecular formula is H4O8S4-4. The van der Waals surface area contributed by atoms with Crippen molar-refractivity contribution in [3.8, 4) is 0 Å². The number of hydrogen-bond acceptors (Lipinski definition) is 8. The van der Waals surface area contributed by atoms with E-state index < -0.39 is 18.1 Å². The summed E-state index contributed by atoms with van der Waals surface area (Å²) in [6.07, 6.45) is 0. The predicted molar refractivity (Wildman–Crippen MR) is 41.4 cm³/mol. The van der Waals surface area contributed by atoms with Crippen molar-refractivity contribution in [2.75, 3.05) is 0 Å². The van der Waals surface area contributed by atoms with Crippen molar-refractivity contribution in [3.63, 3.8) is 0 Å². The molecule has 0 spiro atoms. The van der Waals surface area contributed by atoms with Crippen LogP contribution in [0.4, 0.5) is 0 Å². The Morgan fingerprint density at radius 2 is 0.750 bits per heavy atom. The van der Waals surface area contributed by atoms with E-state index in [1.54, 1.807) is 0 Å². The Balaban J connectivity index is -0.0000000457. The van der Waals surface area contributed by atoms with Crippen LogP contribution in [0.2, 0.25) is 0 Å². The summed E-state index contributed by atoms with van der Waals surface area (Å²) in [5, 5.41) is 0. The van der Waals surface area contributed by atoms with E-state index in [-0.39, 0.29) is 11.0 Å². The lowest BCUT2D eigenvalue weighted by molar-refractivity contribution is 0.414. The van der Waals surface area contributed by atoms with E-state index in [2.05, 4.69) is 22.4 Å². The van der Waals surface area contributed by atoms with Crippen molar-refractivity contribution in [2.24, 2.45) is 0 Å². The summed E-state index contributed by atoms with van der Waals surface area (Å²) in [5.74, 6) is 0. The third-order valence-corrected chi connectivity index (χ3v) is 0. The lowest BCUT2D eigenvalue weighted by Crippen LogP contribution is -1.88. The molecule has 0 fully saturated rings. The molecule has 0 atom stereocenters. The van der Waals surface area contributed by atoms with Crippen LogP contribution in [0.15, 0.2) is 0 Å². The standard InChI is InChI=1S/2H2O3S2.2H2O/c2*1-5(2,3)4;;/h2*(H2,1,2,3,4);2*1H2/p-4. The largest absolute Gasteiger partial charge is 0.780 e. The van der Waals surface area contributed by atoms with Crippen LogP contribution in [0.25, 0.3) is 0 Å². The van der Waals surface area contributed by atoms with Gasteiger partial charge < -0.3 is 29.2 Å². The van der Waals surface area contributed by atoms with Gasteiger partial charge in [-0.25, -0.2) is 0 Å².